The number of carboxylic acids is 1. The van der Waals surface area contributed by atoms with Crippen LogP contribution in [0.3, 0.4) is 0 Å². The average molecular weight is 394 g/mol. The molecule has 2 atom stereocenters. The lowest BCUT2D eigenvalue weighted by atomic mass is 10.1. The molecule has 0 saturated carbocycles. The molecule has 0 spiro atoms. The Morgan fingerprint density at radius 3 is 2.72 bits per heavy atom. The zero-order valence-corrected chi connectivity index (χ0v) is 16.1. The Kier molecular flexibility index (Phi) is 5.07. The lowest BCUT2D eigenvalue weighted by molar-refractivity contribution is -0.148. The molecule has 2 amide bonds. The molecule has 2 N–H and O–H groups in total. The first-order chi connectivity index (χ1) is 14.0. The molecule has 0 aromatic heterocycles. The minimum absolute atomic E-state index is 0.105. The number of aliphatic carboxylic acids is 1. The van der Waals surface area contributed by atoms with Gasteiger partial charge in [0.05, 0.1) is 12.5 Å². The lowest BCUT2D eigenvalue weighted by Crippen LogP contribution is -2.41. The van der Waals surface area contributed by atoms with Crippen LogP contribution in [-0.2, 0) is 25.5 Å². The number of benzene rings is 2. The Hall–Kier alpha value is -3.19. The number of amides is 2. The molecule has 7 nitrogen and oxygen atoms in total. The summed E-state index contributed by atoms with van der Waals surface area (Å²) in [6.07, 6.45) is -0.169. The standard InChI is InChI=1S/C22H22N2O5/c1-29-19(22(27)28)11-23-21(26)15-10-20(25)24(12-15)16-6-7-18-14(9-16)8-13-4-2-3-5-17(13)18/h2-7,9,15,19H,8,10-12H2,1H3,(H,23,26)(H,27,28). The molecule has 1 saturated heterocycles. The molecule has 1 aliphatic heterocycles. The number of nitrogens with zero attached hydrogens (tertiary/aromatic N) is 1. The van der Waals surface area contributed by atoms with E-state index < -0.39 is 18.0 Å². The highest BCUT2D eigenvalue weighted by atomic mass is 16.5. The maximum Gasteiger partial charge on any atom is 0.334 e. The Balaban J connectivity index is 1.44. The highest BCUT2D eigenvalue weighted by molar-refractivity contribution is 6.00. The van der Waals surface area contributed by atoms with Gasteiger partial charge < -0.3 is 20.1 Å². The number of carboxylic acid groups (broad SMARTS) is 1. The van der Waals surface area contributed by atoms with E-state index in [4.69, 9.17) is 9.84 Å². The van der Waals surface area contributed by atoms with Crippen LogP contribution in [0, 0.1) is 5.92 Å². The maximum atomic E-state index is 12.5. The van der Waals surface area contributed by atoms with Crippen molar-refractivity contribution in [2.45, 2.75) is 18.9 Å². The fourth-order valence-corrected chi connectivity index (χ4v) is 4.04. The van der Waals surface area contributed by atoms with Crippen molar-refractivity contribution in [3.63, 3.8) is 0 Å². The van der Waals surface area contributed by atoms with Crippen LogP contribution in [0.4, 0.5) is 5.69 Å². The molecule has 7 heteroatoms. The van der Waals surface area contributed by atoms with Crippen LogP contribution in [0.15, 0.2) is 42.5 Å². The van der Waals surface area contributed by atoms with Crippen molar-refractivity contribution in [2.24, 2.45) is 5.92 Å². The highest BCUT2D eigenvalue weighted by Gasteiger charge is 2.36. The van der Waals surface area contributed by atoms with Gasteiger partial charge in [-0.05, 0) is 40.8 Å². The first-order valence-corrected chi connectivity index (χ1v) is 9.53. The van der Waals surface area contributed by atoms with Crippen molar-refractivity contribution < 1.29 is 24.2 Å². The second kappa shape index (κ2) is 7.67. The molecule has 0 bridgehead atoms. The van der Waals surface area contributed by atoms with Gasteiger partial charge in [0.15, 0.2) is 6.10 Å². The third-order valence-electron chi connectivity index (χ3n) is 5.61. The van der Waals surface area contributed by atoms with E-state index in [9.17, 15) is 14.4 Å². The molecule has 2 aromatic rings. The van der Waals surface area contributed by atoms with Crippen molar-refractivity contribution in [3.8, 4) is 11.1 Å². The molecular formula is C22H22N2O5. The molecule has 2 aromatic carbocycles. The summed E-state index contributed by atoms with van der Waals surface area (Å²) in [6, 6.07) is 14.2. The van der Waals surface area contributed by atoms with Gasteiger partial charge >= 0.3 is 5.97 Å². The number of anilines is 1. The van der Waals surface area contributed by atoms with Crippen LogP contribution >= 0.6 is 0 Å². The predicted molar refractivity (Wildman–Crippen MR) is 107 cm³/mol. The number of rotatable bonds is 6. The van der Waals surface area contributed by atoms with Gasteiger partial charge in [0, 0.05) is 25.8 Å². The fourth-order valence-electron chi connectivity index (χ4n) is 4.04. The lowest BCUT2D eigenvalue weighted by Gasteiger charge is -2.18. The summed E-state index contributed by atoms with van der Waals surface area (Å²) in [4.78, 5) is 37.6. The molecule has 2 aliphatic rings. The van der Waals surface area contributed by atoms with Crippen molar-refractivity contribution in [3.05, 3.63) is 53.6 Å². The number of hydrogen-bond acceptors (Lipinski definition) is 4. The van der Waals surface area contributed by atoms with Crippen LogP contribution in [0.2, 0.25) is 0 Å². The van der Waals surface area contributed by atoms with E-state index in [2.05, 4.69) is 17.4 Å². The number of carbonyl (C=O) groups is 3. The van der Waals surface area contributed by atoms with Crippen molar-refractivity contribution in [1.29, 1.82) is 0 Å². The van der Waals surface area contributed by atoms with Gasteiger partial charge in [-0.3, -0.25) is 9.59 Å². The van der Waals surface area contributed by atoms with Crippen LogP contribution in [0.5, 0.6) is 0 Å². The van der Waals surface area contributed by atoms with Gasteiger partial charge in [-0.25, -0.2) is 4.79 Å². The van der Waals surface area contributed by atoms with Gasteiger partial charge in [0.1, 0.15) is 0 Å². The summed E-state index contributed by atoms with van der Waals surface area (Å²) in [5.41, 5.74) is 5.65. The van der Waals surface area contributed by atoms with E-state index in [0.29, 0.717) is 0 Å². The number of ether oxygens (including phenoxy) is 1. The average Bonchev–Trinajstić information content (AvgIpc) is 3.28. The topological polar surface area (TPSA) is 95.9 Å². The van der Waals surface area contributed by atoms with E-state index >= 15 is 0 Å². The smallest absolute Gasteiger partial charge is 0.334 e. The molecule has 1 heterocycles. The van der Waals surface area contributed by atoms with E-state index in [1.54, 1.807) is 4.90 Å². The van der Waals surface area contributed by atoms with E-state index in [1.165, 1.54) is 29.4 Å². The van der Waals surface area contributed by atoms with Gasteiger partial charge in [0.2, 0.25) is 11.8 Å². The zero-order chi connectivity index (χ0) is 20.5. The summed E-state index contributed by atoms with van der Waals surface area (Å²) >= 11 is 0. The normalized spacial score (nSPS) is 18.3. The largest absolute Gasteiger partial charge is 0.479 e. The Morgan fingerprint density at radius 1 is 1.21 bits per heavy atom. The first-order valence-electron chi connectivity index (χ1n) is 9.53. The minimum Gasteiger partial charge on any atom is -0.479 e. The highest BCUT2D eigenvalue weighted by Crippen LogP contribution is 2.39. The maximum absolute atomic E-state index is 12.5. The summed E-state index contributed by atoms with van der Waals surface area (Å²) < 4.78 is 4.81. The van der Waals surface area contributed by atoms with E-state index in [-0.39, 0.29) is 31.3 Å². The quantitative estimate of drug-likeness (QED) is 0.665. The number of carbonyl (C=O) groups excluding carboxylic acids is 2. The molecule has 1 aliphatic carbocycles. The third kappa shape index (κ3) is 3.61. The molecule has 2 unspecified atom stereocenters. The molecule has 0 radical (unpaired) electrons. The van der Waals surface area contributed by atoms with Crippen LogP contribution < -0.4 is 10.2 Å². The van der Waals surface area contributed by atoms with Gasteiger partial charge in [-0.1, -0.05) is 30.3 Å². The number of fused-ring (bicyclic) bond motifs is 3. The van der Waals surface area contributed by atoms with Crippen LogP contribution in [0.25, 0.3) is 11.1 Å². The zero-order valence-electron chi connectivity index (χ0n) is 16.1. The summed E-state index contributed by atoms with van der Waals surface area (Å²) in [6.45, 7) is 0.146. The third-order valence-corrected chi connectivity index (χ3v) is 5.61. The summed E-state index contributed by atoms with van der Waals surface area (Å²) in [5, 5.41) is 11.6. The van der Waals surface area contributed by atoms with E-state index in [1.807, 2.05) is 30.3 Å². The van der Waals surface area contributed by atoms with Gasteiger partial charge in [-0.2, -0.15) is 0 Å². The number of nitrogens with one attached hydrogen (secondary N) is 1. The van der Waals surface area contributed by atoms with Crippen LogP contribution in [0.1, 0.15) is 17.5 Å². The minimum atomic E-state index is -1.14. The summed E-state index contributed by atoms with van der Waals surface area (Å²) in [7, 11) is 1.28. The molecule has 29 heavy (non-hydrogen) atoms. The second-order valence-electron chi connectivity index (χ2n) is 7.39. The first kappa shape index (κ1) is 19.1. The van der Waals surface area contributed by atoms with Crippen molar-refractivity contribution in [2.75, 3.05) is 25.1 Å². The predicted octanol–water partition coefficient (Wildman–Crippen LogP) is 1.83. The van der Waals surface area contributed by atoms with Crippen molar-refractivity contribution in [1.82, 2.24) is 5.32 Å². The fraction of sp³-hybridized carbons (Fsp3) is 0.318. The monoisotopic (exact) mass is 394 g/mol. The Morgan fingerprint density at radius 2 is 1.97 bits per heavy atom. The summed E-state index contributed by atoms with van der Waals surface area (Å²) in [5.74, 6) is -2.10. The van der Waals surface area contributed by atoms with Crippen molar-refractivity contribution >= 4 is 23.5 Å². The number of hydrogen-bond donors (Lipinski definition) is 2. The van der Waals surface area contributed by atoms with Gasteiger partial charge in [0.25, 0.3) is 0 Å². The Labute approximate surface area is 168 Å². The Bertz CT molecular complexity index is 987. The molecule has 4 rings (SSSR count). The molecular weight excluding hydrogens is 372 g/mol. The SMILES string of the molecule is COC(CNC(=O)C1CC(=O)N(c2ccc3c(c2)Cc2ccccc2-3)C1)C(=O)O. The van der Waals surface area contributed by atoms with E-state index in [0.717, 1.165) is 12.1 Å². The van der Waals surface area contributed by atoms with Crippen LogP contribution in [-0.4, -0.2) is 49.2 Å². The number of methoxy groups -OCH3 is 1. The molecule has 1 fully saturated rings. The second-order valence-corrected chi connectivity index (χ2v) is 7.39. The van der Waals surface area contributed by atoms with Gasteiger partial charge in [-0.15, -0.1) is 0 Å². The molecule has 150 valence electrons.